The topological polar surface area (TPSA) is 63.4 Å². The van der Waals surface area contributed by atoms with Gasteiger partial charge in [-0.3, -0.25) is 0 Å². The predicted octanol–water partition coefficient (Wildman–Crippen LogP) is 0.395. The first-order chi connectivity index (χ1) is 6.48. The average molecular weight is 220 g/mol. The van der Waals surface area contributed by atoms with E-state index in [1.807, 2.05) is 6.92 Å². The van der Waals surface area contributed by atoms with Crippen molar-refractivity contribution in [1.29, 1.82) is 0 Å². The summed E-state index contributed by atoms with van der Waals surface area (Å²) in [6, 6.07) is 0. The third-order valence-electron chi connectivity index (χ3n) is 2.88. The number of rotatable bonds is 5. The molecule has 1 unspecified atom stereocenters. The van der Waals surface area contributed by atoms with Gasteiger partial charge in [-0.2, -0.15) is 0 Å². The van der Waals surface area contributed by atoms with Crippen LogP contribution >= 0.6 is 0 Å². The van der Waals surface area contributed by atoms with Crippen LogP contribution in [0, 0.1) is 5.92 Å². The lowest BCUT2D eigenvalue weighted by Crippen LogP contribution is -2.42. The fourth-order valence-corrected chi connectivity index (χ4v) is 3.44. The lowest BCUT2D eigenvalue weighted by Gasteiger charge is -2.30. The molecule has 0 saturated heterocycles. The number of hydrogen-bond acceptors (Lipinski definition) is 3. The van der Waals surface area contributed by atoms with Crippen LogP contribution in [0.3, 0.4) is 0 Å². The minimum absolute atomic E-state index is 0.127. The van der Waals surface area contributed by atoms with Crippen LogP contribution in [0.4, 0.5) is 0 Å². The summed E-state index contributed by atoms with van der Waals surface area (Å²) in [6.45, 7) is 3.03. The predicted molar refractivity (Wildman–Crippen MR) is 57.4 cm³/mol. The van der Waals surface area contributed by atoms with E-state index in [1.54, 1.807) is 7.05 Å². The van der Waals surface area contributed by atoms with Gasteiger partial charge in [0.1, 0.15) is 0 Å². The van der Waals surface area contributed by atoms with E-state index in [-0.39, 0.29) is 11.2 Å². The van der Waals surface area contributed by atoms with Crippen molar-refractivity contribution in [3.8, 4) is 0 Å². The van der Waals surface area contributed by atoms with Gasteiger partial charge in [-0.25, -0.2) is 12.7 Å². The summed E-state index contributed by atoms with van der Waals surface area (Å²) >= 11 is 0. The first-order valence-corrected chi connectivity index (χ1v) is 6.64. The van der Waals surface area contributed by atoms with Crippen molar-refractivity contribution >= 4 is 10.0 Å². The van der Waals surface area contributed by atoms with Crippen molar-refractivity contribution in [2.45, 2.75) is 31.4 Å². The van der Waals surface area contributed by atoms with Crippen molar-refractivity contribution in [3.63, 3.8) is 0 Å². The third kappa shape index (κ3) is 2.46. The van der Waals surface area contributed by atoms with Gasteiger partial charge in [0, 0.05) is 13.6 Å². The fraction of sp³-hybridized carbons (Fsp3) is 1.00. The van der Waals surface area contributed by atoms with Gasteiger partial charge in [0.15, 0.2) is 0 Å². The molecule has 0 amide bonds. The molecule has 0 aliphatic heterocycles. The molecule has 0 bridgehead atoms. The van der Waals surface area contributed by atoms with E-state index in [2.05, 4.69) is 0 Å². The first-order valence-electron chi connectivity index (χ1n) is 5.13. The Morgan fingerprint density at radius 1 is 1.50 bits per heavy atom. The highest BCUT2D eigenvalue weighted by atomic mass is 32.2. The molecule has 0 heterocycles. The second kappa shape index (κ2) is 4.59. The minimum Gasteiger partial charge on any atom is -0.330 e. The minimum atomic E-state index is -3.03. The van der Waals surface area contributed by atoms with Gasteiger partial charge in [0.05, 0.1) is 5.25 Å². The summed E-state index contributed by atoms with van der Waals surface area (Å²) in [5, 5.41) is -0.127. The zero-order valence-corrected chi connectivity index (χ0v) is 9.76. The van der Waals surface area contributed by atoms with Crippen molar-refractivity contribution in [1.82, 2.24) is 4.31 Å². The van der Waals surface area contributed by atoms with E-state index in [1.165, 1.54) is 4.31 Å². The maximum Gasteiger partial charge on any atom is 0.216 e. The van der Waals surface area contributed by atoms with Crippen LogP contribution in [0.25, 0.3) is 0 Å². The summed E-state index contributed by atoms with van der Waals surface area (Å²) in [5.74, 6) is 0.231. The smallest absolute Gasteiger partial charge is 0.216 e. The largest absolute Gasteiger partial charge is 0.330 e. The Hall–Kier alpha value is -0.130. The molecule has 1 atom stereocenters. The molecule has 0 radical (unpaired) electrons. The molecule has 1 saturated carbocycles. The Balaban J connectivity index is 2.53. The van der Waals surface area contributed by atoms with Crippen molar-refractivity contribution < 1.29 is 8.42 Å². The zero-order chi connectivity index (χ0) is 10.8. The molecule has 0 aromatic heterocycles. The molecule has 1 aliphatic rings. The average Bonchev–Trinajstić information content (AvgIpc) is 1.99. The van der Waals surface area contributed by atoms with Crippen molar-refractivity contribution in [3.05, 3.63) is 0 Å². The SMILES string of the molecule is CC(CN)CN(C)S(=O)(=O)C1CCC1. The van der Waals surface area contributed by atoms with Crippen LogP contribution in [0.2, 0.25) is 0 Å². The fourth-order valence-electron chi connectivity index (χ4n) is 1.54. The van der Waals surface area contributed by atoms with Crippen LogP contribution in [-0.4, -0.2) is 38.1 Å². The Kier molecular flexibility index (Phi) is 3.92. The highest BCUT2D eigenvalue weighted by Crippen LogP contribution is 2.28. The van der Waals surface area contributed by atoms with E-state index >= 15 is 0 Å². The van der Waals surface area contributed by atoms with Gasteiger partial charge < -0.3 is 5.73 Å². The molecule has 0 aromatic rings. The molecular formula is C9H20N2O2S. The third-order valence-corrected chi connectivity index (χ3v) is 5.21. The van der Waals surface area contributed by atoms with E-state index < -0.39 is 10.0 Å². The molecule has 2 N–H and O–H groups in total. The highest BCUT2D eigenvalue weighted by molar-refractivity contribution is 7.89. The summed E-state index contributed by atoms with van der Waals surface area (Å²) < 4.78 is 25.2. The Labute approximate surface area is 86.5 Å². The highest BCUT2D eigenvalue weighted by Gasteiger charge is 2.34. The van der Waals surface area contributed by atoms with Crippen molar-refractivity contribution in [2.75, 3.05) is 20.1 Å². The molecule has 1 aliphatic carbocycles. The van der Waals surface area contributed by atoms with E-state index in [9.17, 15) is 8.42 Å². The summed E-state index contributed by atoms with van der Waals surface area (Å²) in [5.41, 5.74) is 5.46. The molecule has 4 nitrogen and oxygen atoms in total. The van der Waals surface area contributed by atoms with Gasteiger partial charge in [0.2, 0.25) is 10.0 Å². The van der Waals surface area contributed by atoms with E-state index in [0.717, 1.165) is 19.3 Å². The van der Waals surface area contributed by atoms with Gasteiger partial charge in [-0.1, -0.05) is 13.3 Å². The number of hydrogen-bond donors (Lipinski definition) is 1. The number of nitrogens with two attached hydrogens (primary N) is 1. The number of nitrogens with zero attached hydrogens (tertiary/aromatic N) is 1. The Morgan fingerprint density at radius 2 is 2.07 bits per heavy atom. The second-order valence-electron chi connectivity index (χ2n) is 4.22. The zero-order valence-electron chi connectivity index (χ0n) is 8.94. The quantitative estimate of drug-likeness (QED) is 0.729. The summed E-state index contributed by atoms with van der Waals surface area (Å²) in [6.07, 6.45) is 2.69. The maximum absolute atomic E-state index is 11.8. The normalized spacial score (nSPS) is 20.9. The van der Waals surface area contributed by atoms with Crippen LogP contribution < -0.4 is 5.73 Å². The monoisotopic (exact) mass is 220 g/mol. The lowest BCUT2D eigenvalue weighted by atomic mass is 10.0. The van der Waals surface area contributed by atoms with Gasteiger partial charge >= 0.3 is 0 Å². The van der Waals surface area contributed by atoms with E-state index in [4.69, 9.17) is 5.73 Å². The molecular weight excluding hydrogens is 200 g/mol. The molecule has 14 heavy (non-hydrogen) atoms. The van der Waals surface area contributed by atoms with E-state index in [0.29, 0.717) is 13.1 Å². The number of sulfonamides is 1. The first kappa shape index (κ1) is 11.9. The lowest BCUT2D eigenvalue weighted by molar-refractivity contribution is 0.379. The van der Waals surface area contributed by atoms with Crippen molar-refractivity contribution in [2.24, 2.45) is 11.7 Å². The maximum atomic E-state index is 11.8. The standard InChI is InChI=1S/C9H20N2O2S/c1-8(6-10)7-11(2)14(12,13)9-4-3-5-9/h8-9H,3-7,10H2,1-2H3. The summed E-state index contributed by atoms with van der Waals surface area (Å²) in [4.78, 5) is 0. The molecule has 5 heteroatoms. The van der Waals surface area contributed by atoms with Gasteiger partial charge in [-0.05, 0) is 25.3 Å². The molecule has 0 spiro atoms. The van der Waals surface area contributed by atoms with Gasteiger partial charge in [-0.15, -0.1) is 0 Å². The Bertz CT molecular complexity index is 273. The van der Waals surface area contributed by atoms with Crippen LogP contribution in [0.5, 0.6) is 0 Å². The van der Waals surface area contributed by atoms with Crippen LogP contribution in [0.15, 0.2) is 0 Å². The second-order valence-corrected chi connectivity index (χ2v) is 6.54. The molecule has 0 aromatic carbocycles. The van der Waals surface area contributed by atoms with Crippen LogP contribution in [-0.2, 0) is 10.0 Å². The molecule has 1 fully saturated rings. The van der Waals surface area contributed by atoms with Gasteiger partial charge in [0.25, 0.3) is 0 Å². The Morgan fingerprint density at radius 3 is 2.43 bits per heavy atom. The molecule has 1 rings (SSSR count). The van der Waals surface area contributed by atoms with Crippen LogP contribution in [0.1, 0.15) is 26.2 Å². The summed E-state index contributed by atoms with van der Waals surface area (Å²) in [7, 11) is -1.38. The molecule has 84 valence electrons.